The van der Waals surface area contributed by atoms with Gasteiger partial charge in [0.15, 0.2) is 0 Å². The van der Waals surface area contributed by atoms with Crippen molar-refractivity contribution in [3.8, 4) is 11.1 Å². The molecule has 0 aliphatic rings. The zero-order valence-corrected chi connectivity index (χ0v) is 11.0. The third kappa shape index (κ3) is 3.37. The van der Waals surface area contributed by atoms with Gasteiger partial charge < -0.3 is 0 Å². The first-order valence-electron chi connectivity index (χ1n) is 6.19. The molecule has 0 heterocycles. The molecule has 0 radical (unpaired) electrons. The van der Waals surface area contributed by atoms with E-state index in [-0.39, 0.29) is 0 Å². The van der Waals surface area contributed by atoms with Crippen LogP contribution in [-0.2, 0) is 0 Å². The summed E-state index contributed by atoms with van der Waals surface area (Å²) in [5.74, 6) is 1.21. The fraction of sp³-hybridized carbons (Fsp3) is 0.250. The minimum Gasteiger partial charge on any atom is -0.126 e. The minimum absolute atomic E-state index is 1.21. The van der Waals surface area contributed by atoms with Gasteiger partial charge in [-0.15, -0.1) is 11.8 Å². The molecule has 88 valence electrons. The Balaban J connectivity index is 2.22. The molecular formula is C16H18S. The second-order valence-electron chi connectivity index (χ2n) is 4.06. The van der Waals surface area contributed by atoms with Crippen LogP contribution in [0, 0.1) is 0 Å². The van der Waals surface area contributed by atoms with Crippen molar-refractivity contribution in [2.45, 2.75) is 24.7 Å². The van der Waals surface area contributed by atoms with Crippen LogP contribution >= 0.6 is 11.8 Å². The Hall–Kier alpha value is -1.21. The Morgan fingerprint density at radius 3 is 2.35 bits per heavy atom. The lowest BCUT2D eigenvalue weighted by atomic mass is 10.1. The number of hydrogen-bond acceptors (Lipinski definition) is 1. The molecule has 2 aromatic carbocycles. The van der Waals surface area contributed by atoms with E-state index in [2.05, 4.69) is 61.5 Å². The van der Waals surface area contributed by atoms with Gasteiger partial charge in [0, 0.05) is 4.90 Å². The van der Waals surface area contributed by atoms with Crippen molar-refractivity contribution < 1.29 is 0 Å². The van der Waals surface area contributed by atoms with Crippen LogP contribution in [0.1, 0.15) is 19.8 Å². The van der Waals surface area contributed by atoms with Gasteiger partial charge >= 0.3 is 0 Å². The van der Waals surface area contributed by atoms with Crippen molar-refractivity contribution in [3.05, 3.63) is 54.6 Å². The van der Waals surface area contributed by atoms with Gasteiger partial charge in [0.2, 0.25) is 0 Å². The van der Waals surface area contributed by atoms with Crippen LogP contribution in [0.2, 0.25) is 0 Å². The summed E-state index contributed by atoms with van der Waals surface area (Å²) >= 11 is 1.97. The molecule has 1 heteroatoms. The number of hydrogen-bond donors (Lipinski definition) is 0. The Morgan fingerprint density at radius 2 is 1.59 bits per heavy atom. The quantitative estimate of drug-likeness (QED) is 0.510. The lowest BCUT2D eigenvalue weighted by Crippen LogP contribution is -1.84. The van der Waals surface area contributed by atoms with Gasteiger partial charge in [0.1, 0.15) is 0 Å². The predicted molar refractivity (Wildman–Crippen MR) is 77.5 cm³/mol. The molecule has 0 nitrogen and oxygen atoms in total. The molecule has 17 heavy (non-hydrogen) atoms. The fourth-order valence-electron chi connectivity index (χ4n) is 1.78. The van der Waals surface area contributed by atoms with Gasteiger partial charge in [-0.2, -0.15) is 0 Å². The number of thioether (sulfide) groups is 1. The minimum atomic E-state index is 1.21. The molecule has 0 atom stereocenters. The summed E-state index contributed by atoms with van der Waals surface area (Å²) < 4.78 is 0. The Labute approximate surface area is 108 Å². The molecule has 2 aromatic rings. The lowest BCUT2D eigenvalue weighted by molar-refractivity contribution is 0.896. The SMILES string of the molecule is CCCCSc1ccccc1-c1ccccc1. The van der Waals surface area contributed by atoms with Crippen LogP contribution in [0.25, 0.3) is 11.1 Å². The van der Waals surface area contributed by atoms with Gasteiger partial charge in [0.25, 0.3) is 0 Å². The molecule has 0 unspecified atom stereocenters. The highest BCUT2D eigenvalue weighted by Crippen LogP contribution is 2.31. The van der Waals surface area contributed by atoms with Crippen LogP contribution in [0.15, 0.2) is 59.5 Å². The van der Waals surface area contributed by atoms with Gasteiger partial charge in [-0.25, -0.2) is 0 Å². The molecule has 0 aliphatic heterocycles. The first-order valence-corrected chi connectivity index (χ1v) is 7.17. The average Bonchev–Trinajstić information content (AvgIpc) is 2.41. The summed E-state index contributed by atoms with van der Waals surface area (Å²) in [5, 5.41) is 0. The van der Waals surface area contributed by atoms with Gasteiger partial charge in [-0.05, 0) is 29.4 Å². The summed E-state index contributed by atoms with van der Waals surface area (Å²) in [5.41, 5.74) is 2.67. The van der Waals surface area contributed by atoms with Crippen molar-refractivity contribution in [1.82, 2.24) is 0 Å². The topological polar surface area (TPSA) is 0 Å². The molecule has 2 rings (SSSR count). The van der Waals surface area contributed by atoms with Crippen LogP contribution < -0.4 is 0 Å². The second kappa shape index (κ2) is 6.51. The highest BCUT2D eigenvalue weighted by molar-refractivity contribution is 7.99. The average molecular weight is 242 g/mol. The predicted octanol–water partition coefficient (Wildman–Crippen LogP) is 5.25. The van der Waals surface area contributed by atoms with Crippen LogP contribution in [0.3, 0.4) is 0 Å². The molecule has 0 spiro atoms. The molecule has 0 aromatic heterocycles. The van der Waals surface area contributed by atoms with E-state index < -0.39 is 0 Å². The highest BCUT2D eigenvalue weighted by atomic mass is 32.2. The molecule has 0 N–H and O–H groups in total. The van der Waals surface area contributed by atoms with Gasteiger partial charge in [0.05, 0.1) is 0 Å². The highest BCUT2D eigenvalue weighted by Gasteiger charge is 2.03. The number of benzene rings is 2. The van der Waals surface area contributed by atoms with Crippen molar-refractivity contribution in [1.29, 1.82) is 0 Å². The largest absolute Gasteiger partial charge is 0.126 e. The molecule has 0 bridgehead atoms. The van der Waals surface area contributed by atoms with Gasteiger partial charge in [-0.1, -0.05) is 61.9 Å². The zero-order chi connectivity index (χ0) is 11.9. The van der Waals surface area contributed by atoms with E-state index in [1.54, 1.807) is 0 Å². The first kappa shape index (κ1) is 12.3. The van der Waals surface area contributed by atoms with E-state index in [1.807, 2.05) is 11.8 Å². The molecule has 0 fully saturated rings. The van der Waals surface area contributed by atoms with Gasteiger partial charge in [-0.3, -0.25) is 0 Å². The van der Waals surface area contributed by atoms with Crippen molar-refractivity contribution in [2.75, 3.05) is 5.75 Å². The van der Waals surface area contributed by atoms with Crippen molar-refractivity contribution >= 4 is 11.8 Å². The zero-order valence-electron chi connectivity index (χ0n) is 10.2. The van der Waals surface area contributed by atoms with E-state index in [9.17, 15) is 0 Å². The van der Waals surface area contributed by atoms with E-state index in [0.29, 0.717) is 0 Å². The maximum absolute atomic E-state index is 2.24. The molecule has 0 saturated carbocycles. The fourth-order valence-corrected chi connectivity index (χ4v) is 2.94. The van der Waals surface area contributed by atoms with Crippen molar-refractivity contribution in [3.63, 3.8) is 0 Å². The summed E-state index contributed by atoms with van der Waals surface area (Å²) in [7, 11) is 0. The smallest absolute Gasteiger partial charge is 0.0150 e. The standard InChI is InChI=1S/C16H18S/c1-2-3-13-17-16-12-8-7-11-15(16)14-9-5-4-6-10-14/h4-12H,2-3,13H2,1H3. The summed E-state index contributed by atoms with van der Waals surface area (Å²) in [4.78, 5) is 1.40. The van der Waals surface area contributed by atoms with Crippen LogP contribution in [-0.4, -0.2) is 5.75 Å². The number of rotatable bonds is 5. The Morgan fingerprint density at radius 1 is 0.882 bits per heavy atom. The maximum atomic E-state index is 2.24. The summed E-state index contributed by atoms with van der Waals surface area (Å²) in [6.07, 6.45) is 2.55. The van der Waals surface area contributed by atoms with Crippen LogP contribution in [0.4, 0.5) is 0 Å². The van der Waals surface area contributed by atoms with E-state index in [0.717, 1.165) is 0 Å². The summed E-state index contributed by atoms with van der Waals surface area (Å²) in [6, 6.07) is 19.3. The van der Waals surface area contributed by atoms with Crippen LogP contribution in [0.5, 0.6) is 0 Å². The third-order valence-electron chi connectivity index (χ3n) is 2.73. The molecule has 0 saturated heterocycles. The first-order chi connectivity index (χ1) is 8.42. The third-order valence-corrected chi connectivity index (χ3v) is 3.89. The molecule has 0 amide bonds. The van der Waals surface area contributed by atoms with E-state index in [1.165, 1.54) is 34.6 Å². The number of unbranched alkanes of at least 4 members (excludes halogenated alkanes) is 1. The van der Waals surface area contributed by atoms with E-state index >= 15 is 0 Å². The van der Waals surface area contributed by atoms with E-state index in [4.69, 9.17) is 0 Å². The Bertz CT molecular complexity index is 448. The van der Waals surface area contributed by atoms with Crippen molar-refractivity contribution in [2.24, 2.45) is 0 Å². The second-order valence-corrected chi connectivity index (χ2v) is 5.20. The molecule has 0 aliphatic carbocycles. The Kier molecular flexibility index (Phi) is 4.69. The normalized spacial score (nSPS) is 10.4. The molecular weight excluding hydrogens is 224 g/mol. The monoisotopic (exact) mass is 242 g/mol. The maximum Gasteiger partial charge on any atom is 0.0150 e. The summed E-state index contributed by atoms with van der Waals surface area (Å²) in [6.45, 7) is 2.24. The lowest BCUT2D eigenvalue weighted by Gasteiger charge is -2.08.